The van der Waals surface area contributed by atoms with E-state index in [4.69, 9.17) is 5.26 Å². The van der Waals surface area contributed by atoms with Crippen molar-refractivity contribution in [2.24, 2.45) is 11.8 Å². The lowest BCUT2D eigenvalue weighted by molar-refractivity contribution is -0.127. The molecular weight excluding hydrogens is 284 g/mol. The SMILES string of the molecule is N#CCNC(=O)C1CCCCC1CSc1cccc(O)c1. The summed E-state index contributed by atoms with van der Waals surface area (Å²) < 4.78 is 0. The molecular formula is C16H20N2O2S. The fourth-order valence-corrected chi connectivity index (χ4v) is 3.97. The fraction of sp³-hybridized carbons (Fsp3) is 0.500. The van der Waals surface area contributed by atoms with Crippen molar-refractivity contribution in [2.75, 3.05) is 12.3 Å². The molecule has 0 saturated heterocycles. The molecule has 5 heteroatoms. The van der Waals surface area contributed by atoms with E-state index in [-0.39, 0.29) is 24.1 Å². The number of amides is 1. The van der Waals surface area contributed by atoms with E-state index in [1.807, 2.05) is 18.2 Å². The van der Waals surface area contributed by atoms with Gasteiger partial charge in [0.25, 0.3) is 0 Å². The summed E-state index contributed by atoms with van der Waals surface area (Å²) in [5.41, 5.74) is 0. The lowest BCUT2D eigenvalue weighted by Gasteiger charge is -2.30. The molecule has 1 fully saturated rings. The molecule has 2 atom stereocenters. The van der Waals surface area contributed by atoms with Crippen molar-refractivity contribution in [2.45, 2.75) is 30.6 Å². The lowest BCUT2D eigenvalue weighted by Crippen LogP contribution is -2.37. The Bertz CT molecular complexity index is 527. The number of aromatic hydroxyl groups is 1. The maximum absolute atomic E-state index is 12.1. The van der Waals surface area contributed by atoms with Gasteiger partial charge < -0.3 is 10.4 Å². The normalized spacial score (nSPS) is 21.5. The molecule has 112 valence electrons. The highest BCUT2D eigenvalue weighted by molar-refractivity contribution is 7.99. The summed E-state index contributed by atoms with van der Waals surface area (Å²) in [6.07, 6.45) is 4.20. The van der Waals surface area contributed by atoms with Crippen LogP contribution < -0.4 is 5.32 Å². The number of nitrogens with zero attached hydrogens (tertiary/aromatic N) is 1. The van der Waals surface area contributed by atoms with E-state index in [2.05, 4.69) is 5.32 Å². The summed E-state index contributed by atoms with van der Waals surface area (Å²) in [5.74, 6) is 1.50. The molecule has 0 heterocycles. The van der Waals surface area contributed by atoms with Crippen LogP contribution in [0.25, 0.3) is 0 Å². The maximum Gasteiger partial charge on any atom is 0.224 e. The molecule has 1 aliphatic carbocycles. The fourth-order valence-electron chi connectivity index (χ4n) is 2.79. The predicted molar refractivity (Wildman–Crippen MR) is 82.9 cm³/mol. The quantitative estimate of drug-likeness (QED) is 0.648. The number of benzene rings is 1. The molecule has 0 aromatic heterocycles. The molecule has 2 unspecified atom stereocenters. The second-order valence-corrected chi connectivity index (χ2v) is 6.43. The van der Waals surface area contributed by atoms with Gasteiger partial charge in [-0.1, -0.05) is 18.9 Å². The highest BCUT2D eigenvalue weighted by Gasteiger charge is 2.30. The number of nitrogens with one attached hydrogen (secondary N) is 1. The largest absolute Gasteiger partial charge is 0.508 e. The second kappa shape index (κ2) is 7.94. The molecule has 1 aromatic carbocycles. The molecule has 0 spiro atoms. The molecule has 2 rings (SSSR count). The van der Waals surface area contributed by atoms with Crippen LogP contribution in [0.3, 0.4) is 0 Å². The van der Waals surface area contributed by atoms with Crippen molar-refractivity contribution < 1.29 is 9.90 Å². The molecule has 21 heavy (non-hydrogen) atoms. The molecule has 0 aliphatic heterocycles. The molecule has 1 aliphatic rings. The van der Waals surface area contributed by atoms with Crippen molar-refractivity contribution in [1.82, 2.24) is 5.32 Å². The minimum Gasteiger partial charge on any atom is -0.508 e. The zero-order valence-corrected chi connectivity index (χ0v) is 12.7. The van der Waals surface area contributed by atoms with Gasteiger partial charge in [-0.25, -0.2) is 0 Å². The van der Waals surface area contributed by atoms with E-state index < -0.39 is 0 Å². The van der Waals surface area contributed by atoms with Gasteiger partial charge in [0.2, 0.25) is 5.91 Å². The first-order valence-corrected chi connectivity index (χ1v) is 8.25. The molecule has 0 radical (unpaired) electrons. The number of phenols is 1. The first-order valence-electron chi connectivity index (χ1n) is 7.27. The van der Waals surface area contributed by atoms with Crippen molar-refractivity contribution in [1.29, 1.82) is 5.26 Å². The Labute approximate surface area is 129 Å². The van der Waals surface area contributed by atoms with Crippen LogP contribution in [0.4, 0.5) is 0 Å². The van der Waals surface area contributed by atoms with Gasteiger partial charge >= 0.3 is 0 Å². The third-order valence-electron chi connectivity index (χ3n) is 3.87. The summed E-state index contributed by atoms with van der Waals surface area (Å²) >= 11 is 1.68. The molecule has 4 nitrogen and oxygen atoms in total. The van der Waals surface area contributed by atoms with Crippen molar-refractivity contribution in [3.05, 3.63) is 24.3 Å². The number of carbonyl (C=O) groups is 1. The van der Waals surface area contributed by atoms with E-state index in [0.717, 1.165) is 36.3 Å². The Hall–Kier alpha value is -1.67. The van der Waals surface area contributed by atoms with Crippen molar-refractivity contribution >= 4 is 17.7 Å². The number of rotatable bonds is 5. The van der Waals surface area contributed by atoms with Crippen LogP contribution in [-0.4, -0.2) is 23.3 Å². The van der Waals surface area contributed by atoms with Crippen molar-refractivity contribution in [3.8, 4) is 11.8 Å². The van der Waals surface area contributed by atoms with Crippen molar-refractivity contribution in [3.63, 3.8) is 0 Å². The minimum absolute atomic E-state index is 0.0110. The molecule has 1 aromatic rings. The number of thioether (sulfide) groups is 1. The minimum atomic E-state index is 0.0110. The average Bonchev–Trinajstić information content (AvgIpc) is 2.51. The summed E-state index contributed by atoms with van der Waals surface area (Å²) in [6.45, 7) is 0.0851. The Kier molecular flexibility index (Phi) is 5.94. The summed E-state index contributed by atoms with van der Waals surface area (Å²) in [6, 6.07) is 9.15. The van der Waals surface area contributed by atoms with E-state index in [9.17, 15) is 9.90 Å². The Morgan fingerprint density at radius 3 is 3.00 bits per heavy atom. The van der Waals surface area contributed by atoms with Crippen LogP contribution in [0.2, 0.25) is 0 Å². The standard InChI is InChI=1S/C16H20N2O2S/c17-8-9-18-16(20)15-7-2-1-4-12(15)11-21-14-6-3-5-13(19)10-14/h3,5-6,10,12,15,19H,1-2,4,7,9,11H2,(H,18,20). The highest BCUT2D eigenvalue weighted by Crippen LogP contribution is 2.35. The average molecular weight is 304 g/mol. The third-order valence-corrected chi connectivity index (χ3v) is 5.05. The van der Waals surface area contributed by atoms with Crippen LogP contribution in [-0.2, 0) is 4.79 Å². The van der Waals surface area contributed by atoms with Crippen LogP contribution in [0, 0.1) is 23.2 Å². The lowest BCUT2D eigenvalue weighted by atomic mass is 9.80. The summed E-state index contributed by atoms with van der Waals surface area (Å²) in [5, 5.41) is 20.7. The Morgan fingerprint density at radius 1 is 1.43 bits per heavy atom. The number of hydrogen-bond donors (Lipinski definition) is 2. The number of hydrogen-bond acceptors (Lipinski definition) is 4. The summed E-state index contributed by atoms with van der Waals surface area (Å²) in [4.78, 5) is 13.1. The topological polar surface area (TPSA) is 73.1 Å². The van der Waals surface area contributed by atoms with Crippen LogP contribution in [0.1, 0.15) is 25.7 Å². The van der Waals surface area contributed by atoms with Gasteiger partial charge in [-0.2, -0.15) is 5.26 Å². The van der Waals surface area contributed by atoms with Gasteiger partial charge in [0.1, 0.15) is 12.3 Å². The van der Waals surface area contributed by atoms with Crippen LogP contribution in [0.15, 0.2) is 29.2 Å². The van der Waals surface area contributed by atoms with Gasteiger partial charge in [-0.05, 0) is 37.0 Å². The first kappa shape index (κ1) is 15.7. The molecule has 1 saturated carbocycles. The van der Waals surface area contributed by atoms with E-state index in [0.29, 0.717) is 5.92 Å². The van der Waals surface area contributed by atoms with E-state index in [1.54, 1.807) is 23.9 Å². The monoisotopic (exact) mass is 304 g/mol. The first-order chi connectivity index (χ1) is 10.2. The van der Waals surface area contributed by atoms with Gasteiger partial charge in [-0.3, -0.25) is 4.79 Å². The van der Waals surface area contributed by atoms with Gasteiger partial charge in [-0.15, -0.1) is 11.8 Å². The number of nitriles is 1. The molecule has 0 bridgehead atoms. The van der Waals surface area contributed by atoms with Crippen LogP contribution >= 0.6 is 11.8 Å². The van der Waals surface area contributed by atoms with Gasteiger partial charge in [0, 0.05) is 16.6 Å². The maximum atomic E-state index is 12.1. The zero-order chi connectivity index (χ0) is 15.1. The van der Waals surface area contributed by atoms with Gasteiger partial charge in [0.15, 0.2) is 0 Å². The Morgan fingerprint density at radius 2 is 2.24 bits per heavy atom. The zero-order valence-electron chi connectivity index (χ0n) is 11.9. The molecule has 2 N–H and O–H groups in total. The predicted octanol–water partition coefficient (Wildman–Crippen LogP) is 2.93. The smallest absolute Gasteiger partial charge is 0.224 e. The highest BCUT2D eigenvalue weighted by atomic mass is 32.2. The third kappa shape index (κ3) is 4.68. The summed E-state index contributed by atoms with van der Waals surface area (Å²) in [7, 11) is 0. The van der Waals surface area contributed by atoms with E-state index >= 15 is 0 Å². The van der Waals surface area contributed by atoms with Gasteiger partial charge in [0.05, 0.1) is 6.07 Å². The molecule has 1 amide bonds. The Balaban J connectivity index is 1.92. The number of carbonyl (C=O) groups excluding carboxylic acids is 1. The second-order valence-electron chi connectivity index (χ2n) is 5.34. The number of phenolic OH excluding ortho intramolecular Hbond substituents is 1. The van der Waals surface area contributed by atoms with Crippen LogP contribution in [0.5, 0.6) is 5.75 Å². The van der Waals surface area contributed by atoms with E-state index in [1.165, 1.54) is 0 Å².